The number of benzene rings is 2. The van der Waals surface area contributed by atoms with Crippen molar-refractivity contribution in [3.63, 3.8) is 0 Å². The number of imidazole rings is 1. The first kappa shape index (κ1) is 12.3. The second-order valence-electron chi connectivity index (χ2n) is 5.57. The summed E-state index contributed by atoms with van der Waals surface area (Å²) in [4.78, 5) is 21.5. The minimum Gasteiger partial charge on any atom is -0.304 e. The minimum absolute atomic E-state index is 0.0766. The summed E-state index contributed by atoms with van der Waals surface area (Å²) in [5.74, 6) is 0.0766. The highest BCUT2D eigenvalue weighted by molar-refractivity contribution is 6.22. The van der Waals surface area contributed by atoms with Gasteiger partial charge in [0.15, 0.2) is 11.4 Å². The van der Waals surface area contributed by atoms with Crippen LogP contribution in [0.2, 0.25) is 0 Å². The van der Waals surface area contributed by atoms with Crippen LogP contribution in [0.25, 0.3) is 28.0 Å². The van der Waals surface area contributed by atoms with Crippen molar-refractivity contribution >= 4 is 11.4 Å². The molecule has 1 aliphatic carbocycles. The number of carbonyl (C=O) groups excluding carboxylic acids is 1. The van der Waals surface area contributed by atoms with Gasteiger partial charge < -0.3 is 4.40 Å². The molecule has 2 heterocycles. The Hall–Kier alpha value is -3.27. The minimum atomic E-state index is 0.0766. The lowest BCUT2D eigenvalue weighted by molar-refractivity contribution is 0.104. The van der Waals surface area contributed by atoms with Crippen LogP contribution in [-0.4, -0.2) is 20.2 Å². The first-order valence-electron chi connectivity index (χ1n) is 7.39. The van der Waals surface area contributed by atoms with Crippen molar-refractivity contribution in [2.45, 2.75) is 0 Å². The van der Waals surface area contributed by atoms with Crippen LogP contribution in [0.15, 0.2) is 67.3 Å². The maximum Gasteiger partial charge on any atom is 0.194 e. The number of hydrogen-bond donors (Lipinski definition) is 0. The number of ketones is 1. The summed E-state index contributed by atoms with van der Waals surface area (Å²) in [6, 6.07) is 13.7. The monoisotopic (exact) mass is 297 g/mol. The second kappa shape index (κ2) is 4.36. The van der Waals surface area contributed by atoms with E-state index in [2.05, 4.69) is 9.97 Å². The molecule has 0 saturated carbocycles. The van der Waals surface area contributed by atoms with Gasteiger partial charge in [-0.15, -0.1) is 0 Å². The zero-order valence-electron chi connectivity index (χ0n) is 12.1. The molecule has 1 aliphatic rings. The molecule has 0 unspecified atom stereocenters. The normalized spacial score (nSPS) is 12.4. The number of rotatable bonds is 1. The third-order valence-corrected chi connectivity index (χ3v) is 4.31. The maximum atomic E-state index is 12.6. The standard InChI is InChI=1S/C19H11N3O/c23-18-15-4-2-1-3-13(15)14-6-5-12(11-16(14)18)17-19-21-8-10-22(19)9-7-20-17/h1-11H. The molecule has 0 amide bonds. The van der Waals surface area contributed by atoms with E-state index in [1.54, 1.807) is 12.4 Å². The van der Waals surface area contributed by atoms with E-state index in [9.17, 15) is 4.79 Å². The molecule has 108 valence electrons. The summed E-state index contributed by atoms with van der Waals surface area (Å²) in [5, 5.41) is 0. The van der Waals surface area contributed by atoms with Crippen molar-refractivity contribution in [2.24, 2.45) is 0 Å². The van der Waals surface area contributed by atoms with Gasteiger partial charge in [-0.2, -0.15) is 0 Å². The van der Waals surface area contributed by atoms with Crippen LogP contribution < -0.4 is 0 Å². The van der Waals surface area contributed by atoms with Gasteiger partial charge in [0.25, 0.3) is 0 Å². The Balaban J connectivity index is 1.75. The Bertz CT molecular complexity index is 1090. The van der Waals surface area contributed by atoms with E-state index in [1.165, 1.54) is 0 Å². The van der Waals surface area contributed by atoms with Crippen molar-refractivity contribution in [1.82, 2.24) is 14.4 Å². The molecular weight excluding hydrogens is 286 g/mol. The molecule has 0 saturated heterocycles. The predicted octanol–water partition coefficient (Wildman–Crippen LogP) is 3.61. The van der Waals surface area contributed by atoms with Crippen LogP contribution in [0.3, 0.4) is 0 Å². The van der Waals surface area contributed by atoms with Crippen LogP contribution in [0.4, 0.5) is 0 Å². The number of aromatic nitrogens is 3. The fraction of sp³-hybridized carbons (Fsp3) is 0. The fourth-order valence-electron chi connectivity index (χ4n) is 3.23. The quantitative estimate of drug-likeness (QED) is 0.475. The van der Waals surface area contributed by atoms with E-state index in [0.717, 1.165) is 39.2 Å². The topological polar surface area (TPSA) is 47.3 Å². The number of fused-ring (bicyclic) bond motifs is 4. The average Bonchev–Trinajstić information content (AvgIpc) is 3.19. The van der Waals surface area contributed by atoms with Crippen LogP contribution in [0, 0.1) is 0 Å². The lowest BCUT2D eigenvalue weighted by Crippen LogP contribution is -1.96. The molecule has 4 nitrogen and oxygen atoms in total. The molecule has 5 rings (SSSR count). The smallest absolute Gasteiger partial charge is 0.194 e. The number of hydrogen-bond acceptors (Lipinski definition) is 3. The summed E-state index contributed by atoms with van der Waals surface area (Å²) in [7, 11) is 0. The average molecular weight is 297 g/mol. The van der Waals surface area contributed by atoms with Crippen LogP contribution in [0.5, 0.6) is 0 Å². The Morgan fingerprint density at radius 3 is 2.39 bits per heavy atom. The van der Waals surface area contributed by atoms with Crippen LogP contribution in [-0.2, 0) is 0 Å². The highest BCUT2D eigenvalue weighted by Crippen LogP contribution is 2.38. The van der Waals surface area contributed by atoms with E-state index in [4.69, 9.17) is 0 Å². The SMILES string of the molecule is O=C1c2ccccc2-c2ccc(-c3nccn4ccnc34)cc21. The van der Waals surface area contributed by atoms with Crippen molar-refractivity contribution in [3.8, 4) is 22.4 Å². The molecule has 4 aromatic rings. The lowest BCUT2D eigenvalue weighted by Gasteiger charge is -2.05. The van der Waals surface area contributed by atoms with Crippen molar-refractivity contribution < 1.29 is 4.79 Å². The van der Waals surface area contributed by atoms with Crippen molar-refractivity contribution in [2.75, 3.05) is 0 Å². The molecular formula is C19H11N3O. The predicted molar refractivity (Wildman–Crippen MR) is 87.3 cm³/mol. The molecule has 0 radical (unpaired) electrons. The molecule has 4 heteroatoms. The molecule has 0 aliphatic heterocycles. The summed E-state index contributed by atoms with van der Waals surface area (Å²) in [6.45, 7) is 0. The van der Waals surface area contributed by atoms with Gasteiger partial charge in [0.2, 0.25) is 0 Å². The Morgan fingerprint density at radius 1 is 0.783 bits per heavy atom. The molecule has 0 atom stereocenters. The van der Waals surface area contributed by atoms with E-state index < -0.39 is 0 Å². The van der Waals surface area contributed by atoms with Gasteiger partial charge in [-0.25, -0.2) is 4.98 Å². The molecule has 2 aromatic carbocycles. The highest BCUT2D eigenvalue weighted by atomic mass is 16.1. The van der Waals surface area contributed by atoms with Gasteiger partial charge in [-0.1, -0.05) is 36.4 Å². The molecule has 23 heavy (non-hydrogen) atoms. The molecule has 2 aromatic heterocycles. The fourth-order valence-corrected chi connectivity index (χ4v) is 3.23. The van der Waals surface area contributed by atoms with E-state index >= 15 is 0 Å². The zero-order chi connectivity index (χ0) is 15.4. The highest BCUT2D eigenvalue weighted by Gasteiger charge is 2.26. The van der Waals surface area contributed by atoms with Crippen LogP contribution >= 0.6 is 0 Å². The van der Waals surface area contributed by atoms with Crippen molar-refractivity contribution in [3.05, 3.63) is 78.4 Å². The largest absolute Gasteiger partial charge is 0.304 e. The van der Waals surface area contributed by atoms with E-state index in [0.29, 0.717) is 0 Å². The first-order chi connectivity index (χ1) is 11.3. The van der Waals surface area contributed by atoms with Gasteiger partial charge in [-0.3, -0.25) is 9.78 Å². The Kier molecular flexibility index (Phi) is 2.33. The maximum absolute atomic E-state index is 12.6. The third-order valence-electron chi connectivity index (χ3n) is 4.31. The van der Waals surface area contributed by atoms with Gasteiger partial charge in [-0.05, 0) is 17.2 Å². The summed E-state index contributed by atoms with van der Waals surface area (Å²) in [6.07, 6.45) is 7.23. The summed E-state index contributed by atoms with van der Waals surface area (Å²) in [5.41, 5.74) is 5.97. The number of nitrogens with zero attached hydrogens (tertiary/aromatic N) is 3. The number of carbonyl (C=O) groups is 1. The van der Waals surface area contributed by atoms with Gasteiger partial charge >= 0.3 is 0 Å². The van der Waals surface area contributed by atoms with Crippen LogP contribution in [0.1, 0.15) is 15.9 Å². The van der Waals surface area contributed by atoms with Crippen molar-refractivity contribution in [1.29, 1.82) is 0 Å². The Labute approximate surface area is 132 Å². The summed E-state index contributed by atoms with van der Waals surface area (Å²) >= 11 is 0. The molecule has 0 N–H and O–H groups in total. The first-order valence-corrected chi connectivity index (χ1v) is 7.39. The van der Waals surface area contributed by atoms with Gasteiger partial charge in [0, 0.05) is 41.5 Å². The zero-order valence-corrected chi connectivity index (χ0v) is 12.1. The van der Waals surface area contributed by atoms with Gasteiger partial charge in [0.1, 0.15) is 5.69 Å². The molecule has 0 bridgehead atoms. The van der Waals surface area contributed by atoms with Gasteiger partial charge in [0.05, 0.1) is 0 Å². The van der Waals surface area contributed by atoms with E-state index in [-0.39, 0.29) is 5.78 Å². The second-order valence-corrected chi connectivity index (χ2v) is 5.57. The molecule has 0 spiro atoms. The molecule has 0 fully saturated rings. The van der Waals surface area contributed by atoms with E-state index in [1.807, 2.05) is 59.3 Å². The Morgan fingerprint density at radius 2 is 1.52 bits per heavy atom. The third kappa shape index (κ3) is 1.63. The lowest BCUT2D eigenvalue weighted by atomic mass is 10.0. The summed E-state index contributed by atoms with van der Waals surface area (Å²) < 4.78 is 1.92.